The smallest absolute Gasteiger partial charge is 0.127 e. The topological polar surface area (TPSA) is 26.3 Å². The second-order valence-corrected chi connectivity index (χ2v) is 2.66. The Labute approximate surface area is 66.5 Å². The molecular formula is C9H12O2. The van der Waals surface area contributed by atoms with E-state index in [9.17, 15) is 4.79 Å². The number of hydrogen-bond acceptors (Lipinski definition) is 2. The lowest BCUT2D eigenvalue weighted by molar-refractivity contribution is -0.111. The number of allylic oxidation sites excluding steroid dienone is 4. The van der Waals surface area contributed by atoms with Crippen molar-refractivity contribution in [2.24, 2.45) is 11.8 Å². The maximum absolute atomic E-state index is 10.5. The van der Waals surface area contributed by atoms with Crippen LogP contribution in [0.25, 0.3) is 0 Å². The van der Waals surface area contributed by atoms with Gasteiger partial charge in [-0.2, -0.15) is 0 Å². The van der Waals surface area contributed by atoms with Crippen LogP contribution >= 0.6 is 0 Å². The normalized spacial score (nSPS) is 29.5. The largest absolute Gasteiger partial charge is 0.501 e. The van der Waals surface area contributed by atoms with Crippen LogP contribution in [0.1, 0.15) is 6.92 Å². The van der Waals surface area contributed by atoms with Crippen molar-refractivity contribution < 1.29 is 9.53 Å². The van der Waals surface area contributed by atoms with E-state index in [0.717, 1.165) is 12.0 Å². The minimum atomic E-state index is -0.0186. The van der Waals surface area contributed by atoms with Crippen LogP contribution in [0.5, 0.6) is 0 Å². The first-order chi connectivity index (χ1) is 5.29. The molecule has 0 radical (unpaired) electrons. The molecule has 0 aromatic rings. The Kier molecular flexibility index (Phi) is 2.47. The fourth-order valence-corrected chi connectivity index (χ4v) is 1.20. The van der Waals surface area contributed by atoms with Gasteiger partial charge < -0.3 is 9.53 Å². The quantitative estimate of drug-likeness (QED) is 0.561. The van der Waals surface area contributed by atoms with Crippen molar-refractivity contribution in [1.29, 1.82) is 0 Å². The molecule has 2 nitrogen and oxygen atoms in total. The maximum atomic E-state index is 10.5. The van der Waals surface area contributed by atoms with Crippen LogP contribution in [0.2, 0.25) is 0 Å². The number of ether oxygens (including phenoxy) is 1. The van der Waals surface area contributed by atoms with Gasteiger partial charge in [-0.15, -0.1) is 0 Å². The number of methoxy groups -OCH3 is 1. The van der Waals surface area contributed by atoms with Gasteiger partial charge in [0, 0.05) is 11.8 Å². The lowest BCUT2D eigenvalue weighted by atomic mass is 9.90. The van der Waals surface area contributed by atoms with E-state index in [2.05, 4.69) is 0 Å². The minimum absolute atomic E-state index is 0.0186. The van der Waals surface area contributed by atoms with Crippen molar-refractivity contribution in [2.45, 2.75) is 6.92 Å². The van der Waals surface area contributed by atoms with Crippen LogP contribution in [0.4, 0.5) is 0 Å². The fraction of sp³-hybridized carbons (Fsp3) is 0.444. The fourth-order valence-electron chi connectivity index (χ4n) is 1.20. The van der Waals surface area contributed by atoms with E-state index in [1.54, 1.807) is 7.11 Å². The van der Waals surface area contributed by atoms with Crippen molar-refractivity contribution in [3.63, 3.8) is 0 Å². The van der Waals surface area contributed by atoms with Gasteiger partial charge in [0.1, 0.15) is 6.29 Å². The summed E-state index contributed by atoms with van der Waals surface area (Å²) >= 11 is 0. The number of carbonyl (C=O) groups excluding carboxylic acids is 1. The summed E-state index contributed by atoms with van der Waals surface area (Å²) in [5, 5.41) is 0. The molecule has 0 fully saturated rings. The molecule has 2 atom stereocenters. The van der Waals surface area contributed by atoms with Crippen molar-refractivity contribution in [1.82, 2.24) is 0 Å². The first-order valence-electron chi connectivity index (χ1n) is 3.67. The molecule has 0 aliphatic heterocycles. The lowest BCUT2D eigenvalue weighted by Crippen LogP contribution is -2.16. The van der Waals surface area contributed by atoms with E-state index >= 15 is 0 Å². The summed E-state index contributed by atoms with van der Waals surface area (Å²) in [6, 6.07) is 0. The highest BCUT2D eigenvalue weighted by atomic mass is 16.5. The van der Waals surface area contributed by atoms with E-state index in [0.29, 0.717) is 0 Å². The van der Waals surface area contributed by atoms with Gasteiger partial charge >= 0.3 is 0 Å². The summed E-state index contributed by atoms with van der Waals surface area (Å²) < 4.78 is 5.09. The molecule has 0 spiro atoms. The van der Waals surface area contributed by atoms with Gasteiger partial charge in [-0.25, -0.2) is 0 Å². The Morgan fingerprint density at radius 1 is 1.64 bits per heavy atom. The van der Waals surface area contributed by atoms with E-state index < -0.39 is 0 Å². The second-order valence-electron chi connectivity index (χ2n) is 2.66. The molecule has 0 N–H and O–H groups in total. The van der Waals surface area contributed by atoms with Gasteiger partial charge in [0.15, 0.2) is 0 Å². The van der Waals surface area contributed by atoms with E-state index in [1.807, 2.05) is 25.2 Å². The third-order valence-electron chi connectivity index (χ3n) is 2.01. The summed E-state index contributed by atoms with van der Waals surface area (Å²) in [6.45, 7) is 1.98. The first-order valence-corrected chi connectivity index (χ1v) is 3.67. The number of aldehydes is 1. The van der Waals surface area contributed by atoms with Gasteiger partial charge in [-0.05, 0) is 6.08 Å². The zero-order valence-corrected chi connectivity index (χ0v) is 6.78. The number of rotatable bonds is 2. The molecule has 1 aliphatic carbocycles. The Bertz CT molecular complexity index is 204. The van der Waals surface area contributed by atoms with Crippen molar-refractivity contribution in [3.05, 3.63) is 24.0 Å². The zero-order chi connectivity index (χ0) is 8.27. The van der Waals surface area contributed by atoms with Gasteiger partial charge in [-0.3, -0.25) is 0 Å². The van der Waals surface area contributed by atoms with Gasteiger partial charge in [0.05, 0.1) is 12.9 Å². The number of carbonyl (C=O) groups is 1. The summed E-state index contributed by atoms with van der Waals surface area (Å²) in [7, 11) is 1.63. The summed E-state index contributed by atoms with van der Waals surface area (Å²) in [6.07, 6.45) is 6.59. The molecule has 0 saturated heterocycles. The average molecular weight is 152 g/mol. The summed E-state index contributed by atoms with van der Waals surface area (Å²) in [4.78, 5) is 10.5. The molecule has 1 rings (SSSR count). The molecule has 2 unspecified atom stereocenters. The Hall–Kier alpha value is -1.05. The van der Waals surface area contributed by atoms with E-state index in [-0.39, 0.29) is 11.8 Å². The van der Waals surface area contributed by atoms with Crippen LogP contribution in [0.3, 0.4) is 0 Å². The van der Waals surface area contributed by atoms with Crippen molar-refractivity contribution in [2.75, 3.05) is 7.11 Å². The second kappa shape index (κ2) is 3.37. The van der Waals surface area contributed by atoms with Crippen LogP contribution < -0.4 is 0 Å². The summed E-state index contributed by atoms with van der Waals surface area (Å²) in [5.74, 6) is 1.04. The average Bonchev–Trinajstić information content (AvgIpc) is 2.05. The van der Waals surface area contributed by atoms with Gasteiger partial charge in [0.25, 0.3) is 0 Å². The third kappa shape index (κ3) is 1.50. The molecule has 11 heavy (non-hydrogen) atoms. The predicted octanol–water partition coefficient (Wildman–Crippen LogP) is 1.54. The highest BCUT2D eigenvalue weighted by Crippen LogP contribution is 2.24. The Morgan fingerprint density at radius 3 is 2.91 bits per heavy atom. The predicted molar refractivity (Wildman–Crippen MR) is 43.0 cm³/mol. The first kappa shape index (κ1) is 8.05. The Balaban J connectivity index is 2.76. The molecule has 0 heterocycles. The maximum Gasteiger partial charge on any atom is 0.127 e. The van der Waals surface area contributed by atoms with Crippen LogP contribution in [-0.4, -0.2) is 13.4 Å². The zero-order valence-electron chi connectivity index (χ0n) is 6.78. The van der Waals surface area contributed by atoms with Crippen LogP contribution in [0.15, 0.2) is 24.0 Å². The minimum Gasteiger partial charge on any atom is -0.501 e. The van der Waals surface area contributed by atoms with Crippen molar-refractivity contribution >= 4 is 6.29 Å². The molecule has 0 amide bonds. The van der Waals surface area contributed by atoms with E-state index in [1.165, 1.54) is 0 Å². The SMILES string of the molecule is COC1=CC=CC(C=O)C1C. The number of hydrogen-bond donors (Lipinski definition) is 0. The molecule has 2 heteroatoms. The van der Waals surface area contributed by atoms with Crippen molar-refractivity contribution in [3.8, 4) is 0 Å². The summed E-state index contributed by atoms with van der Waals surface area (Å²) in [5.41, 5.74) is 0. The van der Waals surface area contributed by atoms with Crippen LogP contribution in [-0.2, 0) is 9.53 Å². The van der Waals surface area contributed by atoms with E-state index in [4.69, 9.17) is 4.74 Å². The molecule has 0 aromatic carbocycles. The molecule has 0 bridgehead atoms. The third-order valence-corrected chi connectivity index (χ3v) is 2.01. The molecule has 1 aliphatic rings. The van der Waals surface area contributed by atoms with Gasteiger partial charge in [0.2, 0.25) is 0 Å². The highest BCUT2D eigenvalue weighted by molar-refractivity contribution is 5.59. The molecule has 60 valence electrons. The molecular weight excluding hydrogens is 140 g/mol. The monoisotopic (exact) mass is 152 g/mol. The standard InChI is InChI=1S/C9H12O2/c1-7-8(6-10)4-3-5-9(7)11-2/h3-8H,1-2H3. The molecule has 0 saturated carbocycles. The lowest BCUT2D eigenvalue weighted by Gasteiger charge is -2.20. The Morgan fingerprint density at radius 2 is 2.36 bits per heavy atom. The molecule has 0 aromatic heterocycles. The van der Waals surface area contributed by atoms with Gasteiger partial charge in [-0.1, -0.05) is 19.1 Å². The van der Waals surface area contributed by atoms with Crippen LogP contribution in [0, 0.1) is 11.8 Å². The highest BCUT2D eigenvalue weighted by Gasteiger charge is 2.20.